The Kier molecular flexibility index (Phi) is 3.91. The summed E-state index contributed by atoms with van der Waals surface area (Å²) in [5.74, 6) is -0.250. The fourth-order valence-electron chi connectivity index (χ4n) is 1.96. The van der Waals surface area contributed by atoms with E-state index >= 15 is 0 Å². The van der Waals surface area contributed by atoms with Crippen molar-refractivity contribution in [3.8, 4) is 5.69 Å². The van der Waals surface area contributed by atoms with Crippen LogP contribution in [-0.4, -0.2) is 25.7 Å². The van der Waals surface area contributed by atoms with E-state index in [1.807, 2.05) is 43.5 Å². The summed E-state index contributed by atoms with van der Waals surface area (Å²) >= 11 is 0. The van der Waals surface area contributed by atoms with Gasteiger partial charge in [-0.15, -0.1) is 0 Å². The molecule has 110 valence electrons. The minimum absolute atomic E-state index is 0.250. The molecule has 0 aliphatic heterocycles. The summed E-state index contributed by atoms with van der Waals surface area (Å²) in [5, 5.41) is 7.09. The fourth-order valence-corrected chi connectivity index (χ4v) is 1.96. The molecule has 2 aromatic heterocycles. The third-order valence-corrected chi connectivity index (χ3v) is 3.12. The van der Waals surface area contributed by atoms with Gasteiger partial charge in [0, 0.05) is 24.5 Å². The highest BCUT2D eigenvalue weighted by Crippen LogP contribution is 2.07. The summed E-state index contributed by atoms with van der Waals surface area (Å²) in [6.07, 6.45) is 6.66. The molecule has 0 atom stereocenters. The topological polar surface area (TPSA) is 72.7 Å². The number of para-hydroxylation sites is 1. The van der Waals surface area contributed by atoms with E-state index in [4.69, 9.17) is 0 Å². The number of benzene rings is 1. The zero-order valence-corrected chi connectivity index (χ0v) is 12.1. The number of rotatable bonds is 4. The van der Waals surface area contributed by atoms with Crippen LogP contribution in [0.3, 0.4) is 0 Å². The quantitative estimate of drug-likeness (QED) is 0.797. The van der Waals surface area contributed by atoms with Crippen LogP contribution in [-0.2, 0) is 6.54 Å². The zero-order valence-electron chi connectivity index (χ0n) is 12.1. The molecule has 0 saturated heterocycles. The van der Waals surface area contributed by atoms with Gasteiger partial charge in [0.25, 0.3) is 5.91 Å². The lowest BCUT2D eigenvalue weighted by atomic mass is 10.3. The SMILES string of the molecule is Cc1cnc(C(=O)NCc2cnn(-c3ccccc3)c2)cn1. The Bertz CT molecular complexity index is 765. The second kappa shape index (κ2) is 6.17. The molecule has 0 fully saturated rings. The molecule has 1 aromatic carbocycles. The average molecular weight is 293 g/mol. The lowest BCUT2D eigenvalue weighted by Gasteiger charge is -2.03. The summed E-state index contributed by atoms with van der Waals surface area (Å²) in [7, 11) is 0. The normalized spacial score (nSPS) is 10.4. The molecule has 3 aromatic rings. The molecule has 0 aliphatic rings. The first kappa shape index (κ1) is 13.9. The zero-order chi connectivity index (χ0) is 15.4. The van der Waals surface area contributed by atoms with Gasteiger partial charge in [0.1, 0.15) is 5.69 Å². The molecular weight excluding hydrogens is 278 g/mol. The molecule has 0 unspecified atom stereocenters. The lowest BCUT2D eigenvalue weighted by Crippen LogP contribution is -2.23. The standard InChI is InChI=1S/C16H15N5O/c1-12-7-18-15(10-17-12)16(22)19-8-13-9-20-21(11-13)14-5-3-2-4-6-14/h2-7,9-11H,8H2,1H3,(H,19,22). The van der Waals surface area contributed by atoms with E-state index in [1.54, 1.807) is 17.1 Å². The Morgan fingerprint density at radius 3 is 2.68 bits per heavy atom. The van der Waals surface area contributed by atoms with Gasteiger partial charge in [-0.2, -0.15) is 5.10 Å². The highest BCUT2D eigenvalue weighted by Gasteiger charge is 2.08. The lowest BCUT2D eigenvalue weighted by molar-refractivity contribution is 0.0945. The van der Waals surface area contributed by atoms with Gasteiger partial charge in [0.15, 0.2) is 0 Å². The van der Waals surface area contributed by atoms with E-state index in [-0.39, 0.29) is 5.91 Å². The Morgan fingerprint density at radius 2 is 1.95 bits per heavy atom. The molecule has 0 bridgehead atoms. The van der Waals surface area contributed by atoms with E-state index < -0.39 is 0 Å². The van der Waals surface area contributed by atoms with Crippen molar-refractivity contribution >= 4 is 5.91 Å². The molecular formula is C16H15N5O. The highest BCUT2D eigenvalue weighted by molar-refractivity contribution is 5.91. The molecule has 2 heterocycles. The van der Waals surface area contributed by atoms with Gasteiger partial charge in [0.2, 0.25) is 0 Å². The molecule has 6 heteroatoms. The smallest absolute Gasteiger partial charge is 0.271 e. The Hall–Kier alpha value is -3.02. The highest BCUT2D eigenvalue weighted by atomic mass is 16.1. The largest absolute Gasteiger partial charge is 0.346 e. The predicted octanol–water partition coefficient (Wildman–Crippen LogP) is 1.90. The number of hydrogen-bond acceptors (Lipinski definition) is 4. The van der Waals surface area contributed by atoms with Gasteiger partial charge < -0.3 is 5.32 Å². The summed E-state index contributed by atoms with van der Waals surface area (Å²) in [4.78, 5) is 20.1. The summed E-state index contributed by atoms with van der Waals surface area (Å²) in [6.45, 7) is 2.22. The van der Waals surface area contributed by atoms with Gasteiger partial charge in [0.05, 0.1) is 23.8 Å². The number of nitrogens with zero attached hydrogens (tertiary/aromatic N) is 4. The number of amides is 1. The van der Waals surface area contributed by atoms with Gasteiger partial charge in [-0.3, -0.25) is 9.78 Å². The van der Waals surface area contributed by atoms with Crippen LogP contribution in [0.15, 0.2) is 55.1 Å². The van der Waals surface area contributed by atoms with E-state index in [0.29, 0.717) is 12.2 Å². The fraction of sp³-hybridized carbons (Fsp3) is 0.125. The van der Waals surface area contributed by atoms with Crippen molar-refractivity contribution in [3.63, 3.8) is 0 Å². The van der Waals surface area contributed by atoms with Crippen LogP contribution in [0.4, 0.5) is 0 Å². The van der Waals surface area contributed by atoms with Crippen LogP contribution in [0.2, 0.25) is 0 Å². The molecule has 1 N–H and O–H groups in total. The van der Waals surface area contributed by atoms with Crippen LogP contribution in [0.5, 0.6) is 0 Å². The van der Waals surface area contributed by atoms with Gasteiger partial charge in [-0.1, -0.05) is 18.2 Å². The van der Waals surface area contributed by atoms with Crippen LogP contribution < -0.4 is 5.32 Å². The molecule has 0 aliphatic carbocycles. The van der Waals surface area contributed by atoms with Gasteiger partial charge >= 0.3 is 0 Å². The van der Waals surface area contributed by atoms with E-state index in [2.05, 4.69) is 20.4 Å². The monoisotopic (exact) mass is 293 g/mol. The first-order valence-corrected chi connectivity index (χ1v) is 6.88. The molecule has 0 radical (unpaired) electrons. The first-order chi connectivity index (χ1) is 10.7. The van der Waals surface area contributed by atoms with Crippen molar-refractivity contribution in [2.45, 2.75) is 13.5 Å². The van der Waals surface area contributed by atoms with Crippen LogP contribution >= 0.6 is 0 Å². The maximum atomic E-state index is 12.0. The molecule has 0 saturated carbocycles. The van der Waals surface area contributed by atoms with Crippen molar-refractivity contribution in [2.75, 3.05) is 0 Å². The second-order valence-electron chi connectivity index (χ2n) is 4.85. The van der Waals surface area contributed by atoms with Crippen LogP contribution in [0, 0.1) is 6.92 Å². The Balaban J connectivity index is 1.64. The minimum Gasteiger partial charge on any atom is -0.346 e. The number of nitrogens with one attached hydrogen (secondary N) is 1. The van der Waals surface area contributed by atoms with Crippen molar-refractivity contribution in [2.24, 2.45) is 0 Å². The maximum Gasteiger partial charge on any atom is 0.271 e. The van der Waals surface area contributed by atoms with Crippen molar-refractivity contribution in [1.82, 2.24) is 25.1 Å². The second-order valence-corrected chi connectivity index (χ2v) is 4.85. The number of hydrogen-bond donors (Lipinski definition) is 1. The van der Waals surface area contributed by atoms with Crippen molar-refractivity contribution < 1.29 is 4.79 Å². The third kappa shape index (κ3) is 3.17. The third-order valence-electron chi connectivity index (χ3n) is 3.12. The predicted molar refractivity (Wildman–Crippen MR) is 81.5 cm³/mol. The summed E-state index contributed by atoms with van der Waals surface area (Å²) in [6, 6.07) is 9.80. The molecule has 3 rings (SSSR count). The number of carbonyl (C=O) groups excluding carboxylic acids is 1. The first-order valence-electron chi connectivity index (χ1n) is 6.88. The molecule has 0 spiro atoms. The van der Waals surface area contributed by atoms with Crippen molar-refractivity contribution in [3.05, 3.63) is 72.1 Å². The van der Waals surface area contributed by atoms with Gasteiger partial charge in [-0.25, -0.2) is 9.67 Å². The Morgan fingerprint density at radius 1 is 1.14 bits per heavy atom. The summed E-state index contributed by atoms with van der Waals surface area (Å²) < 4.78 is 1.77. The summed E-state index contributed by atoms with van der Waals surface area (Å²) in [5.41, 5.74) is 2.98. The number of aromatic nitrogens is 4. The van der Waals surface area contributed by atoms with E-state index in [0.717, 1.165) is 16.9 Å². The number of aryl methyl sites for hydroxylation is 1. The molecule has 1 amide bonds. The minimum atomic E-state index is -0.250. The number of carbonyl (C=O) groups is 1. The van der Waals surface area contributed by atoms with E-state index in [9.17, 15) is 4.79 Å². The van der Waals surface area contributed by atoms with E-state index in [1.165, 1.54) is 6.20 Å². The molecule has 6 nitrogen and oxygen atoms in total. The Labute approximate surface area is 127 Å². The molecule has 22 heavy (non-hydrogen) atoms. The van der Waals surface area contributed by atoms with Crippen molar-refractivity contribution in [1.29, 1.82) is 0 Å². The maximum absolute atomic E-state index is 12.0. The average Bonchev–Trinajstić information content (AvgIpc) is 3.03. The van der Waals surface area contributed by atoms with Gasteiger partial charge in [-0.05, 0) is 19.1 Å². The van der Waals surface area contributed by atoms with Crippen LogP contribution in [0.25, 0.3) is 5.69 Å². The van der Waals surface area contributed by atoms with Crippen LogP contribution in [0.1, 0.15) is 21.7 Å².